The Morgan fingerprint density at radius 2 is 1.87 bits per heavy atom. The van der Waals surface area contributed by atoms with E-state index in [-0.39, 0.29) is 23.8 Å². The third kappa shape index (κ3) is 6.13. The van der Waals surface area contributed by atoms with E-state index in [1.807, 2.05) is 18.2 Å². The fourth-order valence-electron chi connectivity index (χ4n) is 4.22. The van der Waals surface area contributed by atoms with Crippen molar-refractivity contribution in [2.24, 2.45) is 5.73 Å². The number of nitrogens with one attached hydrogen (secondary N) is 1. The molecule has 168 valence electrons. The van der Waals surface area contributed by atoms with E-state index in [9.17, 15) is 13.2 Å². The van der Waals surface area contributed by atoms with E-state index in [1.54, 1.807) is 24.3 Å². The van der Waals surface area contributed by atoms with Gasteiger partial charge in [-0.15, -0.1) is 0 Å². The van der Waals surface area contributed by atoms with Crippen LogP contribution in [0.3, 0.4) is 0 Å². The Bertz CT molecular complexity index is 1040. The van der Waals surface area contributed by atoms with Gasteiger partial charge in [0.15, 0.2) is 0 Å². The molecule has 1 amide bonds. The molecule has 0 aliphatic heterocycles. The maximum Gasteiger partial charge on any atom is 0.241 e. The molecular weight excluding hydrogens is 457 g/mol. The summed E-state index contributed by atoms with van der Waals surface area (Å²) < 4.78 is 26.6. The number of nitrogens with zero attached hydrogens (tertiary/aromatic N) is 1. The average Bonchev–Trinajstić information content (AvgIpc) is 2.72. The normalized spacial score (nSPS) is 21.5. The predicted molar refractivity (Wildman–Crippen MR) is 126 cm³/mol. The maximum absolute atomic E-state index is 12.8. The lowest BCUT2D eigenvalue weighted by atomic mass is 9.68. The lowest BCUT2D eigenvalue weighted by molar-refractivity contribution is -0.128. The van der Waals surface area contributed by atoms with Gasteiger partial charge in [0.25, 0.3) is 0 Å². The van der Waals surface area contributed by atoms with Gasteiger partial charge in [0, 0.05) is 40.5 Å². The number of hydrogen-bond donors (Lipinski definition) is 2. The van der Waals surface area contributed by atoms with Crippen LogP contribution in [-0.4, -0.2) is 37.6 Å². The van der Waals surface area contributed by atoms with Crippen molar-refractivity contribution in [1.29, 1.82) is 0 Å². The van der Waals surface area contributed by atoms with E-state index in [0.29, 0.717) is 22.8 Å². The highest BCUT2D eigenvalue weighted by atomic mass is 35.5. The highest BCUT2D eigenvalue weighted by Crippen LogP contribution is 2.41. The van der Waals surface area contributed by atoms with Gasteiger partial charge in [0.2, 0.25) is 15.9 Å². The predicted octanol–water partition coefficient (Wildman–Crippen LogP) is 4.08. The summed E-state index contributed by atoms with van der Waals surface area (Å²) in [7, 11) is -3.39. The molecule has 6 nitrogen and oxygen atoms in total. The number of halogens is 2. The molecule has 0 spiro atoms. The summed E-state index contributed by atoms with van der Waals surface area (Å²) in [6.07, 6.45) is 4.30. The molecule has 0 bridgehead atoms. The number of benzene rings is 2. The van der Waals surface area contributed by atoms with Crippen molar-refractivity contribution in [1.82, 2.24) is 4.42 Å². The molecule has 3 rings (SSSR count). The third-order valence-corrected chi connectivity index (χ3v) is 7.19. The topological polar surface area (TPSA) is 92.5 Å². The summed E-state index contributed by atoms with van der Waals surface area (Å²) in [6.45, 7) is 0.510. The lowest BCUT2D eigenvalue weighted by Gasteiger charge is -2.41. The molecule has 3 N–H and O–H groups in total. The van der Waals surface area contributed by atoms with Crippen LogP contribution < -0.4 is 10.5 Å². The van der Waals surface area contributed by atoms with Gasteiger partial charge in [-0.25, -0.2) is 8.42 Å². The quantitative estimate of drug-likeness (QED) is 0.580. The minimum Gasteiger partial charge on any atom is -0.330 e. The number of hydrogen-bond acceptors (Lipinski definition) is 4. The van der Waals surface area contributed by atoms with Crippen molar-refractivity contribution < 1.29 is 13.2 Å². The van der Waals surface area contributed by atoms with Crippen LogP contribution in [0, 0.1) is 0 Å². The van der Waals surface area contributed by atoms with Crippen molar-refractivity contribution in [2.45, 2.75) is 43.6 Å². The molecule has 0 radical (unpaired) electrons. The van der Waals surface area contributed by atoms with Crippen molar-refractivity contribution in [3.8, 4) is 0 Å². The molecule has 1 saturated carbocycles. The number of anilines is 1. The van der Waals surface area contributed by atoms with E-state index in [0.717, 1.165) is 37.5 Å². The fourth-order valence-corrected chi connectivity index (χ4v) is 5.22. The monoisotopic (exact) mass is 483 g/mol. The minimum atomic E-state index is -3.39. The maximum atomic E-state index is 12.8. The first-order chi connectivity index (χ1) is 14.6. The fraction of sp³-hybridized carbons (Fsp3) is 0.409. The van der Waals surface area contributed by atoms with Crippen LogP contribution in [0.2, 0.25) is 5.02 Å². The van der Waals surface area contributed by atoms with Gasteiger partial charge in [0.1, 0.15) is 0 Å². The van der Waals surface area contributed by atoms with Crippen LogP contribution in [0.15, 0.2) is 48.5 Å². The first-order valence-electron chi connectivity index (χ1n) is 10.1. The van der Waals surface area contributed by atoms with E-state index < -0.39 is 10.0 Å². The van der Waals surface area contributed by atoms with Crippen LogP contribution in [0.1, 0.15) is 36.8 Å². The zero-order valence-corrected chi connectivity index (χ0v) is 19.7. The molecule has 0 atom stereocenters. The second-order valence-corrected chi connectivity index (χ2v) is 10.7. The smallest absolute Gasteiger partial charge is 0.241 e. The Labute approximate surface area is 193 Å². The summed E-state index contributed by atoms with van der Waals surface area (Å²) in [6, 6.07) is 14.5. The van der Waals surface area contributed by atoms with Gasteiger partial charge in [-0.2, -0.15) is 0 Å². The first-order valence-corrected chi connectivity index (χ1v) is 12.7. The van der Waals surface area contributed by atoms with Crippen molar-refractivity contribution in [2.75, 3.05) is 17.5 Å². The van der Waals surface area contributed by atoms with E-state index >= 15 is 0 Å². The highest BCUT2D eigenvalue weighted by Gasteiger charge is 2.38. The van der Waals surface area contributed by atoms with Crippen LogP contribution in [0.4, 0.5) is 5.69 Å². The van der Waals surface area contributed by atoms with E-state index in [2.05, 4.69) is 10.8 Å². The number of rotatable bonds is 7. The Hall–Kier alpha value is -1.80. The molecular formula is C22H27Cl2N3O3S. The van der Waals surface area contributed by atoms with Crippen LogP contribution in [0.5, 0.6) is 0 Å². The number of sulfonamides is 1. The van der Waals surface area contributed by atoms with Crippen molar-refractivity contribution >= 4 is 45.0 Å². The molecule has 9 heteroatoms. The van der Waals surface area contributed by atoms with Gasteiger partial charge < -0.3 is 5.73 Å². The first kappa shape index (κ1) is 23.9. The standard InChI is InChI=1S/C22H27Cl2N3O3S/c1-31(29,30)26-19-7-2-4-16(12-19)13-21(28)27(24)20-8-10-22(15-25,11-9-20)17-5-3-6-18(23)14-17/h2-7,12,14,20,26H,8-11,13,15,25H2,1H3. The Balaban J connectivity index is 1.63. The van der Waals surface area contributed by atoms with Crippen LogP contribution in [0.25, 0.3) is 0 Å². The lowest BCUT2D eigenvalue weighted by Crippen LogP contribution is -2.44. The van der Waals surface area contributed by atoms with E-state index in [4.69, 9.17) is 29.1 Å². The Morgan fingerprint density at radius 3 is 2.48 bits per heavy atom. The van der Waals surface area contributed by atoms with Gasteiger partial charge in [0.05, 0.1) is 12.7 Å². The Kier molecular flexibility index (Phi) is 7.52. The third-order valence-electron chi connectivity index (χ3n) is 5.88. The molecule has 31 heavy (non-hydrogen) atoms. The number of carbonyl (C=O) groups is 1. The van der Waals surface area contributed by atoms with Gasteiger partial charge in [-0.3, -0.25) is 13.9 Å². The van der Waals surface area contributed by atoms with Crippen molar-refractivity contribution in [3.63, 3.8) is 0 Å². The Morgan fingerprint density at radius 1 is 1.19 bits per heavy atom. The molecule has 2 aromatic rings. The molecule has 1 aliphatic rings. The molecule has 0 unspecified atom stereocenters. The molecule has 1 aliphatic carbocycles. The molecule has 0 aromatic heterocycles. The van der Waals surface area contributed by atoms with Crippen molar-refractivity contribution in [3.05, 3.63) is 64.7 Å². The summed E-state index contributed by atoms with van der Waals surface area (Å²) >= 11 is 12.6. The second kappa shape index (κ2) is 9.77. The summed E-state index contributed by atoms with van der Waals surface area (Å²) in [5, 5.41) is 0.689. The van der Waals surface area contributed by atoms with Gasteiger partial charge >= 0.3 is 0 Å². The number of carbonyl (C=O) groups excluding carboxylic acids is 1. The van der Waals surface area contributed by atoms with Gasteiger partial charge in [-0.1, -0.05) is 35.9 Å². The SMILES string of the molecule is CS(=O)(=O)Nc1cccc(CC(=O)N(Cl)C2CCC(CN)(c3cccc(Cl)c3)CC2)c1. The molecule has 0 heterocycles. The van der Waals surface area contributed by atoms with Gasteiger partial charge in [-0.05, 0) is 61.1 Å². The number of amides is 1. The minimum absolute atomic E-state index is 0.0784. The van der Waals surface area contributed by atoms with Crippen LogP contribution >= 0.6 is 23.4 Å². The molecule has 0 saturated heterocycles. The summed E-state index contributed by atoms with van der Waals surface area (Å²) in [5.74, 6) is -0.217. The summed E-state index contributed by atoms with van der Waals surface area (Å²) in [4.78, 5) is 12.8. The van der Waals surface area contributed by atoms with E-state index in [1.165, 1.54) is 4.42 Å². The highest BCUT2D eigenvalue weighted by molar-refractivity contribution is 7.92. The zero-order chi connectivity index (χ0) is 22.6. The molecule has 1 fully saturated rings. The largest absolute Gasteiger partial charge is 0.330 e. The van der Waals surface area contributed by atoms with Crippen LogP contribution in [-0.2, 0) is 26.7 Å². The summed E-state index contributed by atoms with van der Waals surface area (Å²) in [5.41, 5.74) is 8.23. The number of nitrogens with two attached hydrogens (primary N) is 1. The average molecular weight is 484 g/mol. The second-order valence-electron chi connectivity index (χ2n) is 8.18. The molecule has 2 aromatic carbocycles. The zero-order valence-electron chi connectivity index (χ0n) is 17.4.